The maximum absolute atomic E-state index is 11.9. The first-order valence-corrected chi connectivity index (χ1v) is 7.87. The predicted molar refractivity (Wildman–Crippen MR) is 87.7 cm³/mol. The number of ether oxygens (including phenoxy) is 1. The molecule has 1 aromatic carbocycles. The summed E-state index contributed by atoms with van der Waals surface area (Å²) in [6.07, 6.45) is 0. The number of hydrogen-bond acceptors (Lipinski definition) is 6. The van der Waals surface area contributed by atoms with Crippen LogP contribution in [0.2, 0.25) is 0 Å². The van der Waals surface area contributed by atoms with Crippen LogP contribution in [0.5, 0.6) is 5.75 Å². The number of aromatic nitrogens is 1. The van der Waals surface area contributed by atoms with Gasteiger partial charge in [-0.15, -0.1) is 11.3 Å². The molecule has 0 unspecified atom stereocenters. The second-order valence-corrected chi connectivity index (χ2v) is 5.51. The van der Waals surface area contributed by atoms with E-state index in [9.17, 15) is 9.59 Å². The fraction of sp³-hybridized carbons (Fsp3) is 0.267. The number of carbonyl (C=O) groups excluding carboxylic acids is 2. The summed E-state index contributed by atoms with van der Waals surface area (Å²) in [6.45, 7) is 0.955. The van der Waals surface area contributed by atoms with Crippen molar-refractivity contribution < 1.29 is 14.3 Å². The Morgan fingerprint density at radius 3 is 2.39 bits per heavy atom. The number of nitrogens with two attached hydrogens (primary N) is 1. The van der Waals surface area contributed by atoms with E-state index in [1.165, 1.54) is 11.3 Å². The highest BCUT2D eigenvalue weighted by molar-refractivity contribution is 7.09. The van der Waals surface area contributed by atoms with Crippen molar-refractivity contribution in [2.75, 3.05) is 20.2 Å². The highest BCUT2D eigenvalue weighted by atomic mass is 32.1. The lowest BCUT2D eigenvalue weighted by molar-refractivity contribution is 0.0925. The van der Waals surface area contributed by atoms with Crippen LogP contribution in [0.15, 0.2) is 29.6 Å². The quantitative estimate of drug-likeness (QED) is 0.649. The zero-order valence-corrected chi connectivity index (χ0v) is 13.5. The minimum atomic E-state index is -0.278. The van der Waals surface area contributed by atoms with E-state index in [0.29, 0.717) is 41.6 Å². The fourth-order valence-electron chi connectivity index (χ4n) is 1.80. The Labute approximate surface area is 137 Å². The van der Waals surface area contributed by atoms with Gasteiger partial charge in [-0.2, -0.15) is 0 Å². The van der Waals surface area contributed by atoms with E-state index in [2.05, 4.69) is 15.6 Å². The van der Waals surface area contributed by atoms with Crippen molar-refractivity contribution in [1.82, 2.24) is 15.6 Å². The van der Waals surface area contributed by atoms with Crippen LogP contribution in [0.3, 0.4) is 0 Å². The van der Waals surface area contributed by atoms with Gasteiger partial charge in [0, 0.05) is 30.6 Å². The Hall–Kier alpha value is -2.45. The molecular formula is C15H18N4O3S. The van der Waals surface area contributed by atoms with Crippen LogP contribution < -0.4 is 21.1 Å². The minimum absolute atomic E-state index is 0.207. The summed E-state index contributed by atoms with van der Waals surface area (Å²) in [5.74, 6) is 0.203. The van der Waals surface area contributed by atoms with Crippen LogP contribution in [0.4, 0.5) is 0 Å². The van der Waals surface area contributed by atoms with Gasteiger partial charge < -0.3 is 21.1 Å². The SMILES string of the molecule is COc1ccc(C(=O)NCCNC(=O)c2csc(CN)n2)cc1. The van der Waals surface area contributed by atoms with Crippen molar-refractivity contribution in [3.05, 3.63) is 45.9 Å². The van der Waals surface area contributed by atoms with E-state index in [-0.39, 0.29) is 11.8 Å². The third-order valence-corrected chi connectivity index (χ3v) is 3.88. The van der Waals surface area contributed by atoms with Gasteiger partial charge in [0.15, 0.2) is 0 Å². The molecule has 0 aliphatic rings. The van der Waals surface area contributed by atoms with Gasteiger partial charge >= 0.3 is 0 Å². The molecule has 0 radical (unpaired) electrons. The molecule has 0 saturated carbocycles. The van der Waals surface area contributed by atoms with Gasteiger partial charge in [0.1, 0.15) is 16.5 Å². The van der Waals surface area contributed by atoms with Crippen molar-refractivity contribution in [3.8, 4) is 5.75 Å². The number of benzene rings is 1. The van der Waals surface area contributed by atoms with E-state index in [1.807, 2.05) is 0 Å². The van der Waals surface area contributed by atoms with Crippen LogP contribution >= 0.6 is 11.3 Å². The monoisotopic (exact) mass is 334 g/mol. The molecule has 0 spiro atoms. The Morgan fingerprint density at radius 1 is 1.17 bits per heavy atom. The summed E-state index contributed by atoms with van der Waals surface area (Å²) >= 11 is 1.35. The number of nitrogens with zero attached hydrogens (tertiary/aromatic N) is 1. The number of carbonyl (C=O) groups is 2. The van der Waals surface area contributed by atoms with Crippen molar-refractivity contribution in [1.29, 1.82) is 0 Å². The summed E-state index contributed by atoms with van der Waals surface area (Å²) in [6, 6.07) is 6.79. The molecule has 2 rings (SSSR count). The summed E-state index contributed by atoms with van der Waals surface area (Å²) in [7, 11) is 1.57. The molecule has 7 nitrogen and oxygen atoms in total. The van der Waals surface area contributed by atoms with Crippen molar-refractivity contribution in [2.45, 2.75) is 6.54 Å². The normalized spacial score (nSPS) is 10.2. The van der Waals surface area contributed by atoms with Gasteiger partial charge in [0.2, 0.25) is 0 Å². The smallest absolute Gasteiger partial charge is 0.270 e. The first-order chi connectivity index (χ1) is 11.1. The van der Waals surface area contributed by atoms with E-state index < -0.39 is 0 Å². The number of amides is 2. The van der Waals surface area contributed by atoms with E-state index in [4.69, 9.17) is 10.5 Å². The lowest BCUT2D eigenvalue weighted by Gasteiger charge is -2.07. The molecule has 23 heavy (non-hydrogen) atoms. The maximum Gasteiger partial charge on any atom is 0.270 e. The largest absolute Gasteiger partial charge is 0.497 e. The van der Waals surface area contributed by atoms with Crippen molar-refractivity contribution >= 4 is 23.2 Å². The van der Waals surface area contributed by atoms with Gasteiger partial charge in [-0.1, -0.05) is 0 Å². The average Bonchev–Trinajstić information content (AvgIpc) is 3.07. The Balaban J connectivity index is 1.73. The minimum Gasteiger partial charge on any atom is -0.497 e. The van der Waals surface area contributed by atoms with Crippen molar-refractivity contribution in [3.63, 3.8) is 0 Å². The molecule has 0 aliphatic carbocycles. The lowest BCUT2D eigenvalue weighted by Crippen LogP contribution is -2.34. The molecule has 1 aromatic heterocycles. The van der Waals surface area contributed by atoms with Gasteiger partial charge in [-0.25, -0.2) is 4.98 Å². The zero-order chi connectivity index (χ0) is 16.7. The standard InChI is InChI=1S/C15H18N4O3S/c1-22-11-4-2-10(3-5-11)14(20)17-6-7-18-15(21)12-9-23-13(8-16)19-12/h2-5,9H,6-8,16H2,1H3,(H,17,20)(H,18,21). The molecule has 0 fully saturated rings. The number of nitrogens with one attached hydrogen (secondary N) is 2. The Morgan fingerprint density at radius 2 is 1.83 bits per heavy atom. The highest BCUT2D eigenvalue weighted by Crippen LogP contribution is 2.11. The average molecular weight is 334 g/mol. The van der Waals surface area contributed by atoms with Crippen LogP contribution in [0.1, 0.15) is 25.9 Å². The molecular weight excluding hydrogens is 316 g/mol. The lowest BCUT2D eigenvalue weighted by atomic mass is 10.2. The number of thiazole rings is 1. The number of hydrogen-bond donors (Lipinski definition) is 3. The molecule has 0 saturated heterocycles. The predicted octanol–water partition coefficient (Wildman–Crippen LogP) is 0.770. The third kappa shape index (κ3) is 4.76. The summed E-state index contributed by atoms with van der Waals surface area (Å²) in [5.41, 5.74) is 6.33. The first kappa shape index (κ1) is 16.9. The second-order valence-electron chi connectivity index (χ2n) is 4.57. The van der Waals surface area contributed by atoms with Gasteiger partial charge in [0.25, 0.3) is 11.8 Å². The van der Waals surface area contributed by atoms with Crippen LogP contribution in [0.25, 0.3) is 0 Å². The Kier molecular flexibility index (Phi) is 6.07. The van der Waals surface area contributed by atoms with E-state index in [0.717, 1.165) is 0 Å². The molecule has 2 aromatic rings. The van der Waals surface area contributed by atoms with Crippen LogP contribution in [-0.2, 0) is 6.54 Å². The first-order valence-electron chi connectivity index (χ1n) is 6.99. The summed E-state index contributed by atoms with van der Waals surface area (Å²) < 4.78 is 5.03. The molecule has 0 aliphatic heterocycles. The molecule has 122 valence electrons. The molecule has 1 heterocycles. The molecule has 0 atom stereocenters. The van der Waals surface area contributed by atoms with Crippen LogP contribution in [-0.4, -0.2) is 37.0 Å². The van der Waals surface area contributed by atoms with E-state index in [1.54, 1.807) is 36.8 Å². The van der Waals surface area contributed by atoms with Crippen molar-refractivity contribution in [2.24, 2.45) is 5.73 Å². The van der Waals surface area contributed by atoms with Crippen LogP contribution in [0, 0.1) is 0 Å². The van der Waals surface area contributed by atoms with E-state index >= 15 is 0 Å². The molecule has 0 bridgehead atoms. The number of rotatable bonds is 7. The molecule has 4 N–H and O–H groups in total. The summed E-state index contributed by atoms with van der Waals surface area (Å²) in [4.78, 5) is 27.8. The van der Waals surface area contributed by atoms with Gasteiger partial charge in [-0.3, -0.25) is 9.59 Å². The summed E-state index contributed by atoms with van der Waals surface area (Å²) in [5, 5.41) is 7.79. The highest BCUT2D eigenvalue weighted by Gasteiger charge is 2.10. The van der Waals surface area contributed by atoms with Gasteiger partial charge in [-0.05, 0) is 24.3 Å². The fourth-order valence-corrected chi connectivity index (χ4v) is 2.45. The zero-order valence-electron chi connectivity index (χ0n) is 12.7. The maximum atomic E-state index is 11.9. The topological polar surface area (TPSA) is 106 Å². The Bertz CT molecular complexity index is 670. The number of methoxy groups -OCH3 is 1. The second kappa shape index (κ2) is 8.25. The van der Waals surface area contributed by atoms with Gasteiger partial charge in [0.05, 0.1) is 7.11 Å². The molecule has 8 heteroatoms. The molecule has 2 amide bonds. The third-order valence-electron chi connectivity index (χ3n) is 3.01.